The molecule has 0 aliphatic carbocycles. The van der Waals surface area contributed by atoms with Gasteiger partial charge >= 0.3 is 0 Å². The number of nitrogens with zero attached hydrogens (tertiary/aromatic N) is 2. The molecule has 7 heteroatoms. The third kappa shape index (κ3) is 4.15. The molecule has 0 spiro atoms. The van der Waals surface area contributed by atoms with E-state index in [0.717, 1.165) is 22.6 Å². The summed E-state index contributed by atoms with van der Waals surface area (Å²) >= 11 is 0. The lowest BCUT2D eigenvalue weighted by atomic mass is 10.1. The molecule has 3 N–H and O–H groups in total. The number of hydrogen-bond donors (Lipinski definition) is 2. The summed E-state index contributed by atoms with van der Waals surface area (Å²) < 4.78 is 12.8. The van der Waals surface area contributed by atoms with E-state index in [1.807, 2.05) is 32.2 Å². The highest BCUT2D eigenvalue weighted by Crippen LogP contribution is 2.32. The molecule has 28 heavy (non-hydrogen) atoms. The standard InChI is InChI=1S/C21H24N4O3/c1-14-12-15(4-6-19(14)27-3)21(26)24-16-5-7-20(28-11-9-22)17(13-16)18-8-10-23-25(18)2/h4-8,10,12-13H,9,11,22H2,1-3H3,(H,24,26). The van der Waals surface area contributed by atoms with Crippen molar-refractivity contribution in [3.63, 3.8) is 0 Å². The lowest BCUT2D eigenvalue weighted by molar-refractivity contribution is 0.102. The second-order valence-corrected chi connectivity index (χ2v) is 6.33. The van der Waals surface area contributed by atoms with E-state index in [2.05, 4.69) is 10.4 Å². The maximum Gasteiger partial charge on any atom is 0.255 e. The van der Waals surface area contributed by atoms with Crippen LogP contribution in [0.1, 0.15) is 15.9 Å². The number of methoxy groups -OCH3 is 1. The predicted octanol–water partition coefficient (Wildman–Crippen LogP) is 2.99. The van der Waals surface area contributed by atoms with Crippen molar-refractivity contribution in [3.8, 4) is 22.8 Å². The van der Waals surface area contributed by atoms with Crippen LogP contribution in [-0.2, 0) is 7.05 Å². The molecule has 7 nitrogen and oxygen atoms in total. The van der Waals surface area contributed by atoms with Crippen molar-refractivity contribution in [2.75, 3.05) is 25.6 Å². The van der Waals surface area contributed by atoms with Gasteiger partial charge in [0.25, 0.3) is 5.91 Å². The highest BCUT2D eigenvalue weighted by atomic mass is 16.5. The van der Waals surface area contributed by atoms with E-state index in [9.17, 15) is 4.79 Å². The number of amides is 1. The summed E-state index contributed by atoms with van der Waals surface area (Å²) in [6.45, 7) is 2.72. The van der Waals surface area contributed by atoms with Crippen LogP contribution < -0.4 is 20.5 Å². The molecule has 3 rings (SSSR count). The van der Waals surface area contributed by atoms with Gasteiger partial charge in [-0.3, -0.25) is 9.48 Å². The topological polar surface area (TPSA) is 91.4 Å². The summed E-state index contributed by atoms with van der Waals surface area (Å²) in [4.78, 5) is 12.7. The zero-order chi connectivity index (χ0) is 20.1. The van der Waals surface area contributed by atoms with Gasteiger partial charge in [0.2, 0.25) is 0 Å². The Morgan fingerprint density at radius 1 is 1.18 bits per heavy atom. The molecule has 0 saturated heterocycles. The van der Waals surface area contributed by atoms with Gasteiger partial charge in [0, 0.05) is 36.6 Å². The molecule has 146 valence electrons. The Morgan fingerprint density at radius 2 is 1.96 bits per heavy atom. The third-order valence-electron chi connectivity index (χ3n) is 4.37. The number of nitrogens with one attached hydrogen (secondary N) is 1. The molecule has 1 aromatic heterocycles. The molecule has 0 fully saturated rings. The Labute approximate surface area is 164 Å². The van der Waals surface area contributed by atoms with Crippen LogP contribution in [0.4, 0.5) is 5.69 Å². The number of ether oxygens (including phenoxy) is 2. The SMILES string of the molecule is COc1ccc(C(=O)Nc2ccc(OCCN)c(-c3ccnn3C)c2)cc1C. The monoisotopic (exact) mass is 380 g/mol. The molecule has 1 amide bonds. The van der Waals surface area contributed by atoms with Crippen LogP contribution in [0.25, 0.3) is 11.3 Å². The van der Waals surface area contributed by atoms with E-state index in [0.29, 0.717) is 30.2 Å². The van der Waals surface area contributed by atoms with Gasteiger partial charge in [-0.1, -0.05) is 0 Å². The molecule has 0 aliphatic heterocycles. The number of aromatic nitrogens is 2. The molecule has 2 aromatic carbocycles. The van der Waals surface area contributed by atoms with Gasteiger partial charge in [0.1, 0.15) is 18.1 Å². The number of carbonyl (C=O) groups excluding carboxylic acids is 1. The van der Waals surface area contributed by atoms with Crippen molar-refractivity contribution < 1.29 is 14.3 Å². The van der Waals surface area contributed by atoms with E-state index in [1.54, 1.807) is 42.3 Å². The van der Waals surface area contributed by atoms with Crippen molar-refractivity contribution in [2.24, 2.45) is 12.8 Å². The first-order valence-corrected chi connectivity index (χ1v) is 8.94. The quantitative estimate of drug-likeness (QED) is 0.657. The average Bonchev–Trinajstić information content (AvgIpc) is 3.12. The fraction of sp³-hybridized carbons (Fsp3) is 0.238. The zero-order valence-corrected chi connectivity index (χ0v) is 16.2. The number of nitrogens with two attached hydrogens (primary N) is 1. The number of carbonyl (C=O) groups is 1. The zero-order valence-electron chi connectivity index (χ0n) is 16.2. The fourth-order valence-corrected chi connectivity index (χ4v) is 2.96. The Morgan fingerprint density at radius 3 is 2.61 bits per heavy atom. The predicted molar refractivity (Wildman–Crippen MR) is 109 cm³/mol. The summed E-state index contributed by atoms with van der Waals surface area (Å²) in [5.41, 5.74) is 9.39. The molecule has 0 radical (unpaired) electrons. The van der Waals surface area contributed by atoms with Crippen LogP contribution in [0.3, 0.4) is 0 Å². The van der Waals surface area contributed by atoms with Crippen LogP contribution in [0, 0.1) is 6.92 Å². The molecular weight excluding hydrogens is 356 g/mol. The number of rotatable bonds is 7. The Hall–Kier alpha value is -3.32. The normalized spacial score (nSPS) is 10.6. The summed E-state index contributed by atoms with van der Waals surface area (Å²) in [5.74, 6) is 1.24. The minimum absolute atomic E-state index is 0.197. The van der Waals surface area contributed by atoms with Gasteiger partial charge in [-0.2, -0.15) is 5.10 Å². The lowest BCUT2D eigenvalue weighted by Gasteiger charge is -2.14. The second kappa shape index (κ2) is 8.58. The average molecular weight is 380 g/mol. The third-order valence-corrected chi connectivity index (χ3v) is 4.37. The number of anilines is 1. The van der Waals surface area contributed by atoms with Crippen molar-refractivity contribution in [1.82, 2.24) is 9.78 Å². The van der Waals surface area contributed by atoms with Gasteiger partial charge in [-0.25, -0.2) is 0 Å². The first kappa shape index (κ1) is 19.4. The molecule has 3 aromatic rings. The minimum atomic E-state index is -0.197. The van der Waals surface area contributed by atoms with E-state index >= 15 is 0 Å². The van der Waals surface area contributed by atoms with E-state index in [1.165, 1.54) is 0 Å². The first-order chi connectivity index (χ1) is 13.5. The molecule has 0 unspecified atom stereocenters. The molecule has 0 aliphatic rings. The van der Waals surface area contributed by atoms with Gasteiger partial charge < -0.3 is 20.5 Å². The van der Waals surface area contributed by atoms with E-state index in [4.69, 9.17) is 15.2 Å². The van der Waals surface area contributed by atoms with Crippen LogP contribution in [0.15, 0.2) is 48.7 Å². The van der Waals surface area contributed by atoms with E-state index < -0.39 is 0 Å². The molecule has 0 bridgehead atoms. The van der Waals surface area contributed by atoms with Crippen LogP contribution >= 0.6 is 0 Å². The largest absolute Gasteiger partial charge is 0.496 e. The maximum absolute atomic E-state index is 12.7. The Balaban J connectivity index is 1.89. The summed E-state index contributed by atoms with van der Waals surface area (Å²) in [5, 5.41) is 7.15. The van der Waals surface area contributed by atoms with Crippen LogP contribution in [0.2, 0.25) is 0 Å². The summed E-state index contributed by atoms with van der Waals surface area (Å²) in [6.07, 6.45) is 1.72. The van der Waals surface area contributed by atoms with Crippen LogP contribution in [0.5, 0.6) is 11.5 Å². The summed E-state index contributed by atoms with van der Waals surface area (Å²) in [7, 11) is 3.46. The summed E-state index contributed by atoms with van der Waals surface area (Å²) in [6, 6.07) is 12.7. The molecule has 0 atom stereocenters. The van der Waals surface area contributed by atoms with Crippen molar-refractivity contribution in [2.45, 2.75) is 6.92 Å². The Kier molecular flexibility index (Phi) is 5.96. The lowest BCUT2D eigenvalue weighted by Crippen LogP contribution is -2.13. The minimum Gasteiger partial charge on any atom is -0.496 e. The number of hydrogen-bond acceptors (Lipinski definition) is 5. The van der Waals surface area contributed by atoms with Gasteiger partial charge in [0.05, 0.1) is 12.8 Å². The van der Waals surface area contributed by atoms with Gasteiger partial charge in [-0.05, 0) is 55.0 Å². The number of aryl methyl sites for hydroxylation is 2. The highest BCUT2D eigenvalue weighted by molar-refractivity contribution is 6.04. The molecule has 0 saturated carbocycles. The van der Waals surface area contributed by atoms with Gasteiger partial charge in [0.15, 0.2) is 0 Å². The Bertz CT molecular complexity index is 982. The second-order valence-electron chi connectivity index (χ2n) is 6.33. The van der Waals surface area contributed by atoms with E-state index in [-0.39, 0.29) is 5.91 Å². The van der Waals surface area contributed by atoms with Crippen molar-refractivity contribution in [1.29, 1.82) is 0 Å². The van der Waals surface area contributed by atoms with Crippen molar-refractivity contribution in [3.05, 3.63) is 59.8 Å². The molecule has 1 heterocycles. The number of benzene rings is 2. The van der Waals surface area contributed by atoms with Crippen molar-refractivity contribution >= 4 is 11.6 Å². The van der Waals surface area contributed by atoms with Crippen LogP contribution in [-0.4, -0.2) is 35.9 Å². The van der Waals surface area contributed by atoms with Gasteiger partial charge in [-0.15, -0.1) is 0 Å². The smallest absolute Gasteiger partial charge is 0.255 e. The first-order valence-electron chi connectivity index (χ1n) is 8.94. The molecular formula is C21H24N4O3. The fourth-order valence-electron chi connectivity index (χ4n) is 2.96. The highest BCUT2D eigenvalue weighted by Gasteiger charge is 2.14. The maximum atomic E-state index is 12.7.